The van der Waals surface area contributed by atoms with Crippen LogP contribution in [0.25, 0.3) is 21.5 Å². The van der Waals surface area contributed by atoms with E-state index in [0.717, 1.165) is 15.8 Å². The summed E-state index contributed by atoms with van der Waals surface area (Å²) < 4.78 is 10.9. The van der Waals surface area contributed by atoms with Gasteiger partial charge >= 0.3 is 11.9 Å². The van der Waals surface area contributed by atoms with Gasteiger partial charge in [-0.05, 0) is 42.0 Å². The summed E-state index contributed by atoms with van der Waals surface area (Å²) in [6, 6.07) is 19.6. The first-order valence-corrected chi connectivity index (χ1v) is 10.2. The van der Waals surface area contributed by atoms with Gasteiger partial charge in [-0.2, -0.15) is 0 Å². The Morgan fingerprint density at radius 1 is 1.00 bits per heavy atom. The number of esters is 2. The van der Waals surface area contributed by atoms with Crippen molar-refractivity contribution >= 4 is 45.8 Å². The average Bonchev–Trinajstić information content (AvgIpc) is 3.22. The normalized spacial score (nSPS) is 10.7. The SMILES string of the molecule is COC(=O)c1ccc(COC(=O)c2cc(-c3ccc(Cl)s3)nc3ccccc23)cc1. The third-order valence-corrected chi connectivity index (χ3v) is 5.76. The molecule has 0 radical (unpaired) electrons. The van der Waals surface area contributed by atoms with Crippen molar-refractivity contribution in [1.29, 1.82) is 0 Å². The molecular formula is C23H16ClNO4S. The van der Waals surface area contributed by atoms with E-state index in [4.69, 9.17) is 16.3 Å². The number of pyridine rings is 1. The predicted octanol–water partition coefficient (Wildman–Crippen LogP) is 5.76. The van der Waals surface area contributed by atoms with Crippen LogP contribution in [0.1, 0.15) is 26.3 Å². The maximum absolute atomic E-state index is 12.9. The van der Waals surface area contributed by atoms with Crippen LogP contribution in [0.15, 0.2) is 66.7 Å². The highest BCUT2D eigenvalue weighted by atomic mass is 35.5. The molecule has 2 heterocycles. The van der Waals surface area contributed by atoms with E-state index in [9.17, 15) is 9.59 Å². The van der Waals surface area contributed by atoms with Crippen LogP contribution in [0.3, 0.4) is 0 Å². The third-order valence-electron chi connectivity index (χ3n) is 4.51. The maximum atomic E-state index is 12.9. The number of ether oxygens (including phenoxy) is 2. The van der Waals surface area contributed by atoms with Crippen molar-refractivity contribution in [2.75, 3.05) is 7.11 Å². The largest absolute Gasteiger partial charge is 0.465 e. The molecule has 0 aliphatic carbocycles. The van der Waals surface area contributed by atoms with Crippen LogP contribution >= 0.6 is 22.9 Å². The molecule has 0 bridgehead atoms. The number of para-hydroxylation sites is 1. The Hall–Kier alpha value is -3.22. The van der Waals surface area contributed by atoms with Gasteiger partial charge in [0.15, 0.2) is 0 Å². The van der Waals surface area contributed by atoms with Gasteiger partial charge in [0, 0.05) is 5.39 Å². The monoisotopic (exact) mass is 437 g/mol. The van der Waals surface area contributed by atoms with Crippen molar-refractivity contribution in [3.05, 3.63) is 87.8 Å². The lowest BCUT2D eigenvalue weighted by Crippen LogP contribution is -2.07. The zero-order chi connectivity index (χ0) is 21.1. The minimum Gasteiger partial charge on any atom is -0.465 e. The van der Waals surface area contributed by atoms with Gasteiger partial charge in [-0.25, -0.2) is 14.6 Å². The van der Waals surface area contributed by atoms with E-state index in [2.05, 4.69) is 9.72 Å². The molecule has 0 aliphatic heterocycles. The van der Waals surface area contributed by atoms with Crippen molar-refractivity contribution in [2.24, 2.45) is 0 Å². The lowest BCUT2D eigenvalue weighted by Gasteiger charge is -2.10. The Labute approximate surface area is 181 Å². The fourth-order valence-electron chi connectivity index (χ4n) is 3.00. The number of thiophene rings is 1. The molecule has 150 valence electrons. The Morgan fingerprint density at radius 2 is 1.77 bits per heavy atom. The molecule has 0 amide bonds. The summed E-state index contributed by atoms with van der Waals surface area (Å²) in [7, 11) is 1.33. The lowest BCUT2D eigenvalue weighted by atomic mass is 10.1. The minimum absolute atomic E-state index is 0.0805. The number of rotatable bonds is 5. The second-order valence-corrected chi connectivity index (χ2v) is 8.16. The summed E-state index contributed by atoms with van der Waals surface area (Å²) >= 11 is 7.46. The van der Waals surface area contributed by atoms with E-state index in [-0.39, 0.29) is 6.61 Å². The lowest BCUT2D eigenvalue weighted by molar-refractivity contribution is 0.0473. The fraction of sp³-hybridized carbons (Fsp3) is 0.0870. The van der Waals surface area contributed by atoms with Gasteiger partial charge in [-0.3, -0.25) is 0 Å². The van der Waals surface area contributed by atoms with Crippen molar-refractivity contribution in [2.45, 2.75) is 6.61 Å². The Balaban J connectivity index is 1.60. The molecule has 0 unspecified atom stereocenters. The van der Waals surface area contributed by atoms with Crippen LogP contribution in [0.2, 0.25) is 4.34 Å². The number of hydrogen-bond donors (Lipinski definition) is 0. The average molecular weight is 438 g/mol. The second-order valence-electron chi connectivity index (χ2n) is 6.44. The highest BCUT2D eigenvalue weighted by molar-refractivity contribution is 7.19. The zero-order valence-corrected chi connectivity index (χ0v) is 17.5. The van der Waals surface area contributed by atoms with Crippen LogP contribution in [-0.4, -0.2) is 24.0 Å². The maximum Gasteiger partial charge on any atom is 0.339 e. The molecule has 0 spiro atoms. The van der Waals surface area contributed by atoms with Crippen molar-refractivity contribution in [3.63, 3.8) is 0 Å². The van der Waals surface area contributed by atoms with Gasteiger partial charge in [0.2, 0.25) is 0 Å². The van der Waals surface area contributed by atoms with Crippen LogP contribution in [0, 0.1) is 0 Å². The molecule has 4 rings (SSSR count). The topological polar surface area (TPSA) is 65.5 Å². The molecule has 7 heteroatoms. The van der Waals surface area contributed by atoms with Crippen LogP contribution in [-0.2, 0) is 16.1 Å². The van der Waals surface area contributed by atoms with Crippen molar-refractivity contribution in [3.8, 4) is 10.6 Å². The molecule has 2 aromatic heterocycles. The zero-order valence-electron chi connectivity index (χ0n) is 15.9. The molecule has 0 fully saturated rings. The highest BCUT2D eigenvalue weighted by Crippen LogP contribution is 2.32. The first-order chi connectivity index (χ1) is 14.5. The van der Waals surface area contributed by atoms with E-state index < -0.39 is 11.9 Å². The number of methoxy groups -OCH3 is 1. The van der Waals surface area contributed by atoms with Gasteiger partial charge in [0.05, 0.1) is 38.7 Å². The number of benzene rings is 2. The molecule has 0 saturated carbocycles. The van der Waals surface area contributed by atoms with Gasteiger partial charge in [0.1, 0.15) is 6.61 Å². The Kier molecular flexibility index (Phi) is 5.79. The molecule has 5 nitrogen and oxygen atoms in total. The molecule has 30 heavy (non-hydrogen) atoms. The van der Waals surface area contributed by atoms with Gasteiger partial charge in [0.25, 0.3) is 0 Å². The molecular weight excluding hydrogens is 422 g/mol. The molecule has 4 aromatic rings. The summed E-state index contributed by atoms with van der Waals surface area (Å²) in [6.45, 7) is 0.0805. The molecule has 0 saturated heterocycles. The van der Waals surface area contributed by atoms with E-state index in [1.54, 1.807) is 36.4 Å². The number of halogens is 1. The number of nitrogens with zero attached hydrogens (tertiary/aromatic N) is 1. The van der Waals surface area contributed by atoms with Crippen LogP contribution in [0.4, 0.5) is 0 Å². The predicted molar refractivity (Wildman–Crippen MR) is 117 cm³/mol. The molecule has 0 aliphatic rings. The van der Waals surface area contributed by atoms with E-state index in [1.165, 1.54) is 18.4 Å². The fourth-order valence-corrected chi connectivity index (χ4v) is 4.01. The van der Waals surface area contributed by atoms with E-state index in [0.29, 0.717) is 26.7 Å². The summed E-state index contributed by atoms with van der Waals surface area (Å²) in [5.41, 5.74) is 3.01. The molecule has 0 atom stereocenters. The van der Waals surface area contributed by atoms with Gasteiger partial charge in [-0.1, -0.05) is 41.9 Å². The third kappa shape index (κ3) is 4.20. The molecule has 2 aromatic carbocycles. The van der Waals surface area contributed by atoms with Gasteiger partial charge in [-0.15, -0.1) is 11.3 Å². The van der Waals surface area contributed by atoms with Crippen LogP contribution in [0.5, 0.6) is 0 Å². The standard InChI is InChI=1S/C23H16ClNO4S/c1-28-22(26)15-8-6-14(7-9-15)13-29-23(27)17-12-19(20-10-11-21(24)30-20)25-18-5-3-2-4-16(17)18/h2-12H,13H2,1H3. The van der Waals surface area contributed by atoms with E-state index in [1.807, 2.05) is 30.3 Å². The first kappa shape index (κ1) is 20.1. The number of carbonyl (C=O) groups excluding carboxylic acids is 2. The summed E-state index contributed by atoms with van der Waals surface area (Å²) in [5, 5.41) is 0.718. The summed E-state index contributed by atoms with van der Waals surface area (Å²) in [5.74, 6) is -0.863. The minimum atomic E-state index is -0.449. The number of fused-ring (bicyclic) bond motifs is 1. The first-order valence-electron chi connectivity index (χ1n) is 9.05. The van der Waals surface area contributed by atoms with Crippen LogP contribution < -0.4 is 0 Å². The molecule has 0 N–H and O–H groups in total. The Morgan fingerprint density at radius 3 is 2.47 bits per heavy atom. The van der Waals surface area contributed by atoms with Crippen molar-refractivity contribution in [1.82, 2.24) is 4.98 Å². The summed E-state index contributed by atoms with van der Waals surface area (Å²) in [6.07, 6.45) is 0. The second kappa shape index (κ2) is 8.65. The highest BCUT2D eigenvalue weighted by Gasteiger charge is 2.16. The number of carbonyl (C=O) groups is 2. The number of aromatic nitrogens is 1. The van der Waals surface area contributed by atoms with E-state index >= 15 is 0 Å². The van der Waals surface area contributed by atoms with Gasteiger partial charge < -0.3 is 9.47 Å². The summed E-state index contributed by atoms with van der Waals surface area (Å²) in [4.78, 5) is 30.0. The number of hydrogen-bond acceptors (Lipinski definition) is 6. The van der Waals surface area contributed by atoms with Crippen molar-refractivity contribution < 1.29 is 19.1 Å². The smallest absolute Gasteiger partial charge is 0.339 e. The Bertz CT molecular complexity index is 1230. The quantitative estimate of drug-likeness (QED) is 0.371.